The molecule has 1 heterocycles. The van der Waals surface area contributed by atoms with Crippen LogP contribution in [-0.2, 0) is 20.6 Å². The summed E-state index contributed by atoms with van der Waals surface area (Å²) in [4.78, 5) is 13.4. The van der Waals surface area contributed by atoms with Gasteiger partial charge in [-0.2, -0.15) is 0 Å². The summed E-state index contributed by atoms with van der Waals surface area (Å²) in [6.45, 7) is 13.4. The normalized spacial score (nSPS) is 18.7. The molecule has 0 unspecified atom stereocenters. The standard InChI is InChI=1S/C19H29BFNO4/c1-17(2,3)24-16(23)22(8)12-13-9-10-14(15(21)11-13)20-25-18(4,5)19(6,7)26-20/h9-11H,12H2,1-8H3. The van der Waals surface area contributed by atoms with E-state index in [1.165, 1.54) is 11.0 Å². The van der Waals surface area contributed by atoms with Gasteiger partial charge in [0.2, 0.25) is 0 Å². The second-order valence-electron chi connectivity index (χ2n) is 8.78. The molecule has 5 nitrogen and oxygen atoms in total. The van der Waals surface area contributed by atoms with E-state index in [1.54, 1.807) is 40.0 Å². The Labute approximate surface area is 155 Å². The van der Waals surface area contributed by atoms with Gasteiger partial charge in [-0.25, -0.2) is 9.18 Å². The summed E-state index contributed by atoms with van der Waals surface area (Å²) in [6, 6.07) is 4.82. The average molecular weight is 365 g/mol. The molecule has 1 saturated heterocycles. The van der Waals surface area contributed by atoms with Crippen LogP contribution in [0.3, 0.4) is 0 Å². The Balaban J connectivity index is 2.10. The molecule has 0 aliphatic carbocycles. The van der Waals surface area contributed by atoms with Crippen LogP contribution in [0.2, 0.25) is 0 Å². The molecule has 0 aromatic heterocycles. The van der Waals surface area contributed by atoms with Gasteiger partial charge in [0.1, 0.15) is 11.4 Å². The molecule has 0 bridgehead atoms. The minimum atomic E-state index is -0.752. The number of amides is 1. The SMILES string of the molecule is CN(Cc1ccc(B2OC(C)(C)C(C)(C)O2)c(F)c1)C(=O)OC(C)(C)C. The second-order valence-corrected chi connectivity index (χ2v) is 8.78. The lowest BCUT2D eigenvalue weighted by molar-refractivity contribution is 0.00578. The van der Waals surface area contributed by atoms with E-state index in [4.69, 9.17) is 14.0 Å². The summed E-state index contributed by atoms with van der Waals surface area (Å²) in [6.07, 6.45) is -0.451. The Morgan fingerprint density at radius 1 is 1.19 bits per heavy atom. The van der Waals surface area contributed by atoms with E-state index in [0.717, 1.165) is 0 Å². The molecule has 1 fully saturated rings. The molecule has 0 atom stereocenters. The minimum Gasteiger partial charge on any atom is -0.444 e. The molecular weight excluding hydrogens is 336 g/mol. The van der Waals surface area contributed by atoms with Gasteiger partial charge in [-0.3, -0.25) is 0 Å². The number of ether oxygens (including phenoxy) is 1. The molecule has 1 aliphatic rings. The van der Waals surface area contributed by atoms with Gasteiger partial charge >= 0.3 is 13.2 Å². The summed E-state index contributed by atoms with van der Waals surface area (Å²) in [5.74, 6) is -0.418. The van der Waals surface area contributed by atoms with Crippen LogP contribution in [0.1, 0.15) is 54.0 Å². The van der Waals surface area contributed by atoms with E-state index in [0.29, 0.717) is 11.0 Å². The molecule has 0 N–H and O–H groups in total. The summed E-state index contributed by atoms with van der Waals surface area (Å²) < 4.78 is 31.7. The third-order valence-corrected chi connectivity index (χ3v) is 4.70. The Morgan fingerprint density at radius 2 is 1.73 bits per heavy atom. The van der Waals surface area contributed by atoms with Gasteiger partial charge < -0.3 is 18.9 Å². The molecule has 0 saturated carbocycles. The predicted molar refractivity (Wildman–Crippen MR) is 99.8 cm³/mol. The van der Waals surface area contributed by atoms with Crippen molar-refractivity contribution in [2.75, 3.05) is 7.05 Å². The van der Waals surface area contributed by atoms with Gasteiger partial charge in [0.05, 0.1) is 11.2 Å². The van der Waals surface area contributed by atoms with Crippen molar-refractivity contribution in [3.63, 3.8) is 0 Å². The Morgan fingerprint density at radius 3 is 2.19 bits per heavy atom. The van der Waals surface area contributed by atoms with Crippen molar-refractivity contribution in [1.29, 1.82) is 0 Å². The predicted octanol–water partition coefficient (Wildman–Crippen LogP) is 3.49. The van der Waals surface area contributed by atoms with Crippen molar-refractivity contribution in [1.82, 2.24) is 4.90 Å². The van der Waals surface area contributed by atoms with E-state index in [9.17, 15) is 9.18 Å². The van der Waals surface area contributed by atoms with Crippen molar-refractivity contribution in [2.24, 2.45) is 0 Å². The fourth-order valence-corrected chi connectivity index (χ4v) is 2.51. The first-order valence-corrected chi connectivity index (χ1v) is 8.80. The lowest BCUT2D eigenvalue weighted by atomic mass is 9.78. The highest BCUT2D eigenvalue weighted by atomic mass is 19.1. The molecule has 26 heavy (non-hydrogen) atoms. The molecule has 2 rings (SSSR count). The zero-order chi connectivity index (χ0) is 19.9. The number of hydrogen-bond donors (Lipinski definition) is 0. The van der Waals surface area contributed by atoms with Crippen LogP contribution in [-0.4, -0.2) is 42.0 Å². The Kier molecular flexibility index (Phi) is 5.46. The molecule has 1 aliphatic heterocycles. The van der Waals surface area contributed by atoms with Crippen LogP contribution >= 0.6 is 0 Å². The smallest absolute Gasteiger partial charge is 0.444 e. The van der Waals surface area contributed by atoms with Crippen molar-refractivity contribution in [3.05, 3.63) is 29.6 Å². The van der Waals surface area contributed by atoms with E-state index in [1.807, 2.05) is 27.7 Å². The Hall–Kier alpha value is -1.60. The highest BCUT2D eigenvalue weighted by Crippen LogP contribution is 2.36. The molecule has 0 spiro atoms. The van der Waals surface area contributed by atoms with Crippen LogP contribution in [0, 0.1) is 5.82 Å². The second kappa shape index (κ2) is 6.85. The summed E-state index contributed by atoms with van der Waals surface area (Å²) in [5, 5.41) is 0. The first kappa shape index (κ1) is 20.7. The van der Waals surface area contributed by atoms with E-state index in [2.05, 4.69) is 0 Å². The summed E-state index contributed by atoms with van der Waals surface area (Å²) >= 11 is 0. The fraction of sp³-hybridized carbons (Fsp3) is 0.632. The van der Waals surface area contributed by atoms with E-state index >= 15 is 0 Å². The van der Waals surface area contributed by atoms with Gasteiger partial charge in [0.15, 0.2) is 0 Å². The largest absolute Gasteiger partial charge is 0.497 e. The molecule has 1 aromatic rings. The number of benzene rings is 1. The molecule has 0 radical (unpaired) electrons. The van der Waals surface area contributed by atoms with Crippen LogP contribution in [0.4, 0.5) is 9.18 Å². The maximum atomic E-state index is 14.6. The minimum absolute atomic E-state index is 0.246. The monoisotopic (exact) mass is 365 g/mol. The van der Waals surface area contributed by atoms with Gasteiger partial charge in [-0.05, 0) is 60.1 Å². The topological polar surface area (TPSA) is 48.0 Å². The van der Waals surface area contributed by atoms with E-state index in [-0.39, 0.29) is 6.54 Å². The number of hydrogen-bond acceptors (Lipinski definition) is 4. The zero-order valence-electron chi connectivity index (χ0n) is 17.0. The van der Waals surface area contributed by atoms with Crippen molar-refractivity contribution in [2.45, 2.75) is 71.8 Å². The number of nitrogens with zero attached hydrogens (tertiary/aromatic N) is 1. The molecular formula is C19H29BFNO4. The van der Waals surface area contributed by atoms with Gasteiger partial charge in [0.25, 0.3) is 0 Å². The van der Waals surface area contributed by atoms with Crippen LogP contribution in [0.15, 0.2) is 18.2 Å². The molecule has 7 heteroatoms. The number of carbonyl (C=O) groups excluding carboxylic acids is 1. The van der Waals surface area contributed by atoms with E-state index < -0.39 is 35.8 Å². The molecule has 1 amide bonds. The highest BCUT2D eigenvalue weighted by molar-refractivity contribution is 6.62. The third-order valence-electron chi connectivity index (χ3n) is 4.70. The number of rotatable bonds is 3. The summed E-state index contributed by atoms with van der Waals surface area (Å²) in [5.41, 5.74) is -0.611. The maximum Gasteiger partial charge on any atom is 0.497 e. The lowest BCUT2D eigenvalue weighted by Crippen LogP contribution is -2.41. The lowest BCUT2D eigenvalue weighted by Gasteiger charge is -2.32. The van der Waals surface area contributed by atoms with Gasteiger partial charge in [-0.1, -0.05) is 12.1 Å². The average Bonchev–Trinajstić information content (AvgIpc) is 2.65. The number of carbonyl (C=O) groups is 1. The highest BCUT2D eigenvalue weighted by Gasteiger charge is 2.52. The molecule has 144 valence electrons. The Bertz CT molecular complexity index is 669. The van der Waals surface area contributed by atoms with Crippen molar-refractivity contribution < 1.29 is 23.2 Å². The van der Waals surface area contributed by atoms with Crippen molar-refractivity contribution >= 4 is 18.7 Å². The first-order valence-electron chi connectivity index (χ1n) is 8.80. The zero-order valence-corrected chi connectivity index (χ0v) is 17.0. The van der Waals surface area contributed by atoms with Gasteiger partial charge in [-0.15, -0.1) is 0 Å². The number of halogens is 1. The van der Waals surface area contributed by atoms with Crippen LogP contribution in [0.5, 0.6) is 0 Å². The van der Waals surface area contributed by atoms with Crippen molar-refractivity contribution in [3.8, 4) is 0 Å². The summed E-state index contributed by atoms with van der Waals surface area (Å²) in [7, 11) is 0.867. The fourth-order valence-electron chi connectivity index (χ4n) is 2.51. The van der Waals surface area contributed by atoms with Crippen LogP contribution < -0.4 is 5.46 Å². The van der Waals surface area contributed by atoms with Gasteiger partial charge in [0, 0.05) is 19.1 Å². The quantitative estimate of drug-likeness (QED) is 0.770. The third kappa shape index (κ3) is 4.57. The maximum absolute atomic E-state index is 14.6. The molecule has 1 aromatic carbocycles. The van der Waals surface area contributed by atoms with Crippen LogP contribution in [0.25, 0.3) is 0 Å². The first-order chi connectivity index (χ1) is 11.7.